The van der Waals surface area contributed by atoms with Gasteiger partial charge < -0.3 is 14.8 Å². The lowest BCUT2D eigenvalue weighted by Gasteiger charge is -2.29. The molecule has 2 atom stereocenters. The quantitative estimate of drug-likeness (QED) is 0.610. The van der Waals surface area contributed by atoms with Crippen LogP contribution in [0.4, 0.5) is 0 Å². The second-order valence-electron chi connectivity index (χ2n) is 6.07. The second-order valence-corrected chi connectivity index (χ2v) is 6.07. The Balaban J connectivity index is 1.66. The minimum Gasteiger partial charge on any atom is -0.482 e. The van der Waals surface area contributed by atoms with Crippen LogP contribution in [0.1, 0.15) is 43.0 Å². The molecule has 1 aliphatic rings. The summed E-state index contributed by atoms with van der Waals surface area (Å²) in [4.78, 5) is 34.0. The number of ether oxygens (including phenoxy) is 2. The summed E-state index contributed by atoms with van der Waals surface area (Å²) in [5, 5.41) is 2.92. The molecule has 0 saturated heterocycles. The fourth-order valence-electron chi connectivity index (χ4n) is 2.75. The summed E-state index contributed by atoms with van der Waals surface area (Å²) >= 11 is 0. The minimum atomic E-state index is -0.610. The van der Waals surface area contributed by atoms with Gasteiger partial charge in [-0.25, -0.2) is 4.79 Å². The van der Waals surface area contributed by atoms with E-state index in [0.717, 1.165) is 25.5 Å². The number of rotatable bonds is 7. The molecule has 1 amide bonds. The van der Waals surface area contributed by atoms with E-state index in [1.54, 1.807) is 24.3 Å². The highest BCUT2D eigenvalue weighted by molar-refractivity contribution is 5.81. The fraction of sp³-hybridized carbons (Fsp3) is 0.500. The standard InChI is InChI=1S/C18H23NO5/c1-13-4-2-3-5-16(13)19-17(21)11-24-18(22)12-23-15-8-6-14(10-20)7-9-15/h6-10,13,16H,2-5,11-12H2,1H3,(H,19,21)/t13-,16-/m0/s1. The lowest BCUT2D eigenvalue weighted by molar-refractivity contribution is -0.150. The predicted molar refractivity (Wildman–Crippen MR) is 87.8 cm³/mol. The smallest absolute Gasteiger partial charge is 0.344 e. The van der Waals surface area contributed by atoms with Gasteiger partial charge in [-0.05, 0) is 43.0 Å². The first-order valence-electron chi connectivity index (χ1n) is 8.21. The fourth-order valence-corrected chi connectivity index (χ4v) is 2.75. The minimum absolute atomic E-state index is 0.164. The molecule has 0 radical (unpaired) electrons. The molecule has 1 saturated carbocycles. The van der Waals surface area contributed by atoms with Crippen LogP contribution in [0, 0.1) is 5.92 Å². The zero-order chi connectivity index (χ0) is 17.4. The van der Waals surface area contributed by atoms with E-state index in [9.17, 15) is 14.4 Å². The van der Waals surface area contributed by atoms with Crippen molar-refractivity contribution in [2.24, 2.45) is 5.92 Å². The number of aldehydes is 1. The number of esters is 1. The Morgan fingerprint density at radius 2 is 1.88 bits per heavy atom. The Bertz CT molecular complexity index is 569. The number of nitrogens with one attached hydrogen (secondary N) is 1. The Hall–Kier alpha value is -2.37. The third-order valence-electron chi connectivity index (χ3n) is 4.19. The van der Waals surface area contributed by atoms with Gasteiger partial charge in [-0.15, -0.1) is 0 Å². The first kappa shape index (κ1) is 18.0. The molecule has 0 bridgehead atoms. The monoisotopic (exact) mass is 333 g/mol. The molecule has 130 valence electrons. The Labute approximate surface area is 141 Å². The number of hydrogen-bond donors (Lipinski definition) is 1. The summed E-state index contributed by atoms with van der Waals surface area (Å²) in [5.41, 5.74) is 0.526. The Kier molecular flexibility index (Phi) is 6.78. The van der Waals surface area contributed by atoms with E-state index in [1.165, 1.54) is 6.42 Å². The van der Waals surface area contributed by atoms with Gasteiger partial charge in [-0.1, -0.05) is 19.8 Å². The largest absolute Gasteiger partial charge is 0.482 e. The molecule has 24 heavy (non-hydrogen) atoms. The van der Waals surface area contributed by atoms with Gasteiger partial charge in [0.15, 0.2) is 13.2 Å². The average molecular weight is 333 g/mol. The van der Waals surface area contributed by atoms with E-state index in [4.69, 9.17) is 9.47 Å². The van der Waals surface area contributed by atoms with E-state index in [0.29, 0.717) is 17.2 Å². The van der Waals surface area contributed by atoms with Crippen molar-refractivity contribution in [2.75, 3.05) is 13.2 Å². The molecule has 2 rings (SSSR count). The molecule has 0 aliphatic heterocycles. The van der Waals surface area contributed by atoms with Crippen LogP contribution in [-0.4, -0.2) is 37.4 Å². The average Bonchev–Trinajstić information content (AvgIpc) is 2.60. The van der Waals surface area contributed by atoms with Gasteiger partial charge >= 0.3 is 5.97 Å². The summed E-state index contributed by atoms with van der Waals surface area (Å²) in [5.74, 6) is 0.0212. The van der Waals surface area contributed by atoms with Crippen molar-refractivity contribution in [1.82, 2.24) is 5.32 Å². The molecule has 1 aromatic rings. The normalized spacial score (nSPS) is 20.0. The molecule has 1 aliphatic carbocycles. The maximum Gasteiger partial charge on any atom is 0.344 e. The molecule has 0 heterocycles. The van der Waals surface area contributed by atoms with Gasteiger partial charge in [0.05, 0.1) is 0 Å². The third-order valence-corrected chi connectivity index (χ3v) is 4.19. The van der Waals surface area contributed by atoms with Crippen molar-refractivity contribution >= 4 is 18.2 Å². The van der Waals surface area contributed by atoms with Crippen LogP contribution in [0.15, 0.2) is 24.3 Å². The second kappa shape index (κ2) is 9.05. The summed E-state index contributed by atoms with van der Waals surface area (Å²) in [7, 11) is 0. The van der Waals surface area contributed by atoms with Gasteiger partial charge in [0.2, 0.25) is 0 Å². The van der Waals surface area contributed by atoms with E-state index in [1.807, 2.05) is 0 Å². The van der Waals surface area contributed by atoms with E-state index < -0.39 is 5.97 Å². The highest BCUT2D eigenvalue weighted by atomic mass is 16.6. The topological polar surface area (TPSA) is 81.7 Å². The van der Waals surface area contributed by atoms with Crippen LogP contribution in [0.2, 0.25) is 0 Å². The van der Waals surface area contributed by atoms with Gasteiger partial charge in [-0.3, -0.25) is 9.59 Å². The first-order chi connectivity index (χ1) is 11.6. The van der Waals surface area contributed by atoms with Crippen molar-refractivity contribution in [1.29, 1.82) is 0 Å². The summed E-state index contributed by atoms with van der Waals surface area (Å²) in [6.45, 7) is 1.54. The molecule has 6 heteroatoms. The Morgan fingerprint density at radius 1 is 1.17 bits per heavy atom. The molecule has 1 N–H and O–H groups in total. The maximum atomic E-state index is 11.8. The maximum absolute atomic E-state index is 11.8. The van der Waals surface area contributed by atoms with Crippen molar-refractivity contribution < 1.29 is 23.9 Å². The van der Waals surface area contributed by atoms with Crippen LogP contribution in [0.3, 0.4) is 0 Å². The van der Waals surface area contributed by atoms with Crippen molar-refractivity contribution in [3.63, 3.8) is 0 Å². The third kappa shape index (κ3) is 5.68. The molecule has 0 unspecified atom stereocenters. The Morgan fingerprint density at radius 3 is 2.54 bits per heavy atom. The number of hydrogen-bond acceptors (Lipinski definition) is 5. The van der Waals surface area contributed by atoms with Gasteiger partial charge in [0.25, 0.3) is 5.91 Å². The molecular weight excluding hydrogens is 310 g/mol. The van der Waals surface area contributed by atoms with Gasteiger partial charge in [-0.2, -0.15) is 0 Å². The van der Waals surface area contributed by atoms with Crippen LogP contribution >= 0.6 is 0 Å². The lowest BCUT2D eigenvalue weighted by atomic mass is 9.86. The SMILES string of the molecule is C[C@H]1CCCC[C@@H]1NC(=O)COC(=O)COc1ccc(C=O)cc1. The number of carbonyl (C=O) groups excluding carboxylic acids is 3. The zero-order valence-electron chi connectivity index (χ0n) is 13.8. The summed E-state index contributed by atoms with van der Waals surface area (Å²) in [6.07, 6.45) is 5.13. The van der Waals surface area contributed by atoms with Crippen molar-refractivity contribution in [3.8, 4) is 5.75 Å². The molecule has 1 fully saturated rings. The van der Waals surface area contributed by atoms with Crippen molar-refractivity contribution in [2.45, 2.75) is 38.6 Å². The number of amides is 1. The number of carbonyl (C=O) groups is 3. The predicted octanol–water partition coefficient (Wildman–Crippen LogP) is 2.12. The van der Waals surface area contributed by atoms with Crippen molar-refractivity contribution in [3.05, 3.63) is 29.8 Å². The van der Waals surface area contributed by atoms with E-state index >= 15 is 0 Å². The van der Waals surface area contributed by atoms with Crippen LogP contribution in [0.5, 0.6) is 5.75 Å². The first-order valence-corrected chi connectivity index (χ1v) is 8.21. The van der Waals surface area contributed by atoms with E-state index in [2.05, 4.69) is 12.2 Å². The van der Waals surface area contributed by atoms with Crippen LogP contribution in [0.25, 0.3) is 0 Å². The summed E-state index contributed by atoms with van der Waals surface area (Å²) < 4.78 is 10.2. The molecule has 6 nitrogen and oxygen atoms in total. The molecular formula is C18H23NO5. The van der Waals surface area contributed by atoms with E-state index in [-0.39, 0.29) is 25.2 Å². The van der Waals surface area contributed by atoms with Gasteiger partial charge in [0.1, 0.15) is 12.0 Å². The zero-order valence-corrected chi connectivity index (χ0v) is 13.8. The molecule has 0 spiro atoms. The van der Waals surface area contributed by atoms with Gasteiger partial charge in [0, 0.05) is 11.6 Å². The number of benzene rings is 1. The van der Waals surface area contributed by atoms with Crippen LogP contribution < -0.4 is 10.1 Å². The highest BCUT2D eigenvalue weighted by Gasteiger charge is 2.23. The van der Waals surface area contributed by atoms with Crippen LogP contribution in [-0.2, 0) is 14.3 Å². The lowest BCUT2D eigenvalue weighted by Crippen LogP contribution is -2.43. The molecule has 0 aromatic heterocycles. The summed E-state index contributed by atoms with van der Waals surface area (Å²) in [6, 6.07) is 6.53. The highest BCUT2D eigenvalue weighted by Crippen LogP contribution is 2.23. The molecule has 1 aromatic carbocycles.